The van der Waals surface area contributed by atoms with Gasteiger partial charge < -0.3 is 8.83 Å². The van der Waals surface area contributed by atoms with Crippen molar-refractivity contribution in [2.45, 2.75) is 30.4 Å². The second kappa shape index (κ2) is 8.28. The maximum atomic E-state index is 13.3. The van der Waals surface area contributed by atoms with Crippen LogP contribution in [0.25, 0.3) is 0 Å². The number of aryl methyl sites for hydroxylation is 2. The molecule has 0 aliphatic heterocycles. The summed E-state index contributed by atoms with van der Waals surface area (Å²) in [6.07, 6.45) is 1.53. The standard InChI is InChI=1S/C24H21NO5S/c1-17-5-9-19(10-6-17)25(16-20-4-3-15-29-20)24(26)22-13-14-23(30-22)31(27,28)21-11-7-18(2)8-12-21/h3-15H,16H2,1-2H3. The molecule has 158 valence electrons. The van der Waals surface area contributed by atoms with Crippen LogP contribution in [0, 0.1) is 13.8 Å². The van der Waals surface area contributed by atoms with Crippen LogP contribution in [0.3, 0.4) is 0 Å². The number of amides is 1. The minimum absolute atomic E-state index is 0.0715. The molecule has 0 atom stereocenters. The van der Waals surface area contributed by atoms with Crippen molar-refractivity contribution < 1.29 is 22.0 Å². The summed E-state index contributed by atoms with van der Waals surface area (Å²) in [5.74, 6) is 0.0522. The predicted octanol–water partition coefficient (Wildman–Crippen LogP) is 5.17. The minimum Gasteiger partial charge on any atom is -0.467 e. The van der Waals surface area contributed by atoms with E-state index >= 15 is 0 Å². The van der Waals surface area contributed by atoms with Gasteiger partial charge in [-0.3, -0.25) is 9.69 Å². The fraction of sp³-hybridized carbons (Fsp3) is 0.125. The second-order valence-corrected chi connectivity index (χ2v) is 9.12. The zero-order valence-corrected chi connectivity index (χ0v) is 17.9. The molecule has 4 rings (SSSR count). The molecule has 0 spiro atoms. The molecular weight excluding hydrogens is 414 g/mol. The van der Waals surface area contributed by atoms with Crippen molar-refractivity contribution >= 4 is 21.4 Å². The molecule has 0 radical (unpaired) electrons. The van der Waals surface area contributed by atoms with E-state index in [1.54, 1.807) is 24.3 Å². The first-order valence-electron chi connectivity index (χ1n) is 9.67. The number of carbonyl (C=O) groups is 1. The number of sulfone groups is 1. The first-order chi connectivity index (χ1) is 14.8. The zero-order chi connectivity index (χ0) is 22.0. The lowest BCUT2D eigenvalue weighted by molar-refractivity contribution is 0.0951. The third kappa shape index (κ3) is 4.32. The molecule has 0 fully saturated rings. The number of hydrogen-bond acceptors (Lipinski definition) is 5. The first-order valence-corrected chi connectivity index (χ1v) is 11.2. The van der Waals surface area contributed by atoms with Crippen LogP contribution in [0.1, 0.15) is 27.4 Å². The Hall–Kier alpha value is -3.58. The van der Waals surface area contributed by atoms with E-state index < -0.39 is 15.7 Å². The molecule has 0 aliphatic rings. The first kappa shape index (κ1) is 20.7. The Morgan fingerprint density at radius 2 is 1.52 bits per heavy atom. The lowest BCUT2D eigenvalue weighted by atomic mass is 10.2. The normalized spacial score (nSPS) is 11.4. The van der Waals surface area contributed by atoms with Gasteiger partial charge in [-0.1, -0.05) is 35.4 Å². The molecule has 1 amide bonds. The molecule has 6 nitrogen and oxygen atoms in total. The highest BCUT2D eigenvalue weighted by molar-refractivity contribution is 7.91. The highest BCUT2D eigenvalue weighted by Crippen LogP contribution is 2.26. The van der Waals surface area contributed by atoms with Crippen LogP contribution < -0.4 is 4.90 Å². The third-order valence-electron chi connectivity index (χ3n) is 4.87. The summed E-state index contributed by atoms with van der Waals surface area (Å²) < 4.78 is 36.7. The highest BCUT2D eigenvalue weighted by Gasteiger charge is 2.27. The third-order valence-corrected chi connectivity index (χ3v) is 6.52. The van der Waals surface area contributed by atoms with Crippen LogP contribution in [0.15, 0.2) is 97.9 Å². The van der Waals surface area contributed by atoms with E-state index in [0.29, 0.717) is 11.4 Å². The highest BCUT2D eigenvalue weighted by atomic mass is 32.2. The molecule has 2 heterocycles. The number of rotatable bonds is 6. The van der Waals surface area contributed by atoms with E-state index in [2.05, 4.69) is 0 Å². The SMILES string of the molecule is Cc1ccc(N(Cc2ccco2)C(=O)c2ccc(S(=O)(=O)c3ccc(C)cc3)o2)cc1. The van der Waals surface area contributed by atoms with Crippen LogP contribution in [-0.4, -0.2) is 14.3 Å². The lowest BCUT2D eigenvalue weighted by Crippen LogP contribution is -2.30. The van der Waals surface area contributed by atoms with Gasteiger partial charge in [-0.25, -0.2) is 8.42 Å². The summed E-state index contributed by atoms with van der Waals surface area (Å²) in [5, 5.41) is -0.276. The maximum Gasteiger partial charge on any atom is 0.294 e. The van der Waals surface area contributed by atoms with Gasteiger partial charge >= 0.3 is 0 Å². The Kier molecular flexibility index (Phi) is 5.52. The smallest absolute Gasteiger partial charge is 0.294 e. The molecule has 31 heavy (non-hydrogen) atoms. The summed E-state index contributed by atoms with van der Waals surface area (Å²) in [6.45, 7) is 4.01. The summed E-state index contributed by atoms with van der Waals surface area (Å²) in [4.78, 5) is 14.9. The molecule has 0 saturated heterocycles. The van der Waals surface area contributed by atoms with Gasteiger partial charge in [-0.2, -0.15) is 0 Å². The molecular formula is C24H21NO5S. The maximum absolute atomic E-state index is 13.3. The minimum atomic E-state index is -3.87. The Bertz CT molecular complexity index is 1290. The molecule has 0 bridgehead atoms. The summed E-state index contributed by atoms with van der Waals surface area (Å²) >= 11 is 0. The van der Waals surface area contributed by atoms with Crippen molar-refractivity contribution in [3.8, 4) is 0 Å². The van der Waals surface area contributed by atoms with E-state index in [1.165, 1.54) is 35.4 Å². The van der Waals surface area contributed by atoms with E-state index in [1.807, 2.05) is 38.1 Å². The average Bonchev–Trinajstić information content (AvgIpc) is 3.45. The van der Waals surface area contributed by atoms with Gasteiger partial charge in [0.2, 0.25) is 14.9 Å². The van der Waals surface area contributed by atoms with Crippen LogP contribution >= 0.6 is 0 Å². The van der Waals surface area contributed by atoms with Crippen LogP contribution in [0.4, 0.5) is 5.69 Å². The van der Waals surface area contributed by atoms with Crippen molar-refractivity contribution in [3.63, 3.8) is 0 Å². The van der Waals surface area contributed by atoms with Crippen LogP contribution in [0.2, 0.25) is 0 Å². The van der Waals surface area contributed by atoms with Crippen molar-refractivity contribution in [3.05, 3.63) is 102 Å². The Morgan fingerprint density at radius 3 is 2.13 bits per heavy atom. The average molecular weight is 436 g/mol. The number of carbonyl (C=O) groups excluding carboxylic acids is 1. The molecule has 2 aromatic heterocycles. The van der Waals surface area contributed by atoms with E-state index in [-0.39, 0.29) is 22.3 Å². The van der Waals surface area contributed by atoms with Crippen molar-refractivity contribution in [2.24, 2.45) is 0 Å². The summed E-state index contributed by atoms with van der Waals surface area (Å²) in [6, 6.07) is 20.1. The fourth-order valence-electron chi connectivity index (χ4n) is 3.11. The number of nitrogens with zero attached hydrogens (tertiary/aromatic N) is 1. The van der Waals surface area contributed by atoms with Crippen molar-refractivity contribution in [1.82, 2.24) is 0 Å². The van der Waals surface area contributed by atoms with Gasteiger partial charge in [-0.05, 0) is 62.4 Å². The largest absolute Gasteiger partial charge is 0.467 e. The monoisotopic (exact) mass is 435 g/mol. The Morgan fingerprint density at radius 1 is 0.871 bits per heavy atom. The number of anilines is 1. The molecule has 2 aromatic carbocycles. The lowest BCUT2D eigenvalue weighted by Gasteiger charge is -2.21. The molecule has 0 N–H and O–H groups in total. The second-order valence-electron chi connectivity index (χ2n) is 7.24. The van der Waals surface area contributed by atoms with E-state index in [0.717, 1.165) is 11.1 Å². The van der Waals surface area contributed by atoms with E-state index in [9.17, 15) is 13.2 Å². The Labute approximate surface area is 180 Å². The number of furan rings is 2. The van der Waals surface area contributed by atoms with Gasteiger partial charge in [0.15, 0.2) is 5.76 Å². The Balaban J connectivity index is 1.67. The molecule has 0 saturated carbocycles. The van der Waals surface area contributed by atoms with Gasteiger partial charge in [0.1, 0.15) is 5.76 Å². The molecule has 7 heteroatoms. The van der Waals surface area contributed by atoms with Gasteiger partial charge in [0.25, 0.3) is 5.91 Å². The molecule has 0 aliphatic carbocycles. The quantitative estimate of drug-likeness (QED) is 0.417. The molecule has 0 unspecified atom stereocenters. The summed E-state index contributed by atoms with van der Waals surface area (Å²) in [7, 11) is -3.87. The van der Waals surface area contributed by atoms with Crippen LogP contribution in [0.5, 0.6) is 0 Å². The van der Waals surface area contributed by atoms with Crippen molar-refractivity contribution in [1.29, 1.82) is 0 Å². The van der Waals surface area contributed by atoms with Gasteiger partial charge in [-0.15, -0.1) is 0 Å². The van der Waals surface area contributed by atoms with E-state index in [4.69, 9.17) is 8.83 Å². The van der Waals surface area contributed by atoms with Crippen molar-refractivity contribution in [2.75, 3.05) is 4.90 Å². The fourth-order valence-corrected chi connectivity index (χ4v) is 4.28. The predicted molar refractivity (Wildman–Crippen MR) is 116 cm³/mol. The van der Waals surface area contributed by atoms with Gasteiger partial charge in [0, 0.05) is 5.69 Å². The van der Waals surface area contributed by atoms with Gasteiger partial charge in [0.05, 0.1) is 17.7 Å². The topological polar surface area (TPSA) is 80.7 Å². The number of benzene rings is 2. The molecule has 4 aromatic rings. The zero-order valence-electron chi connectivity index (χ0n) is 17.1. The number of hydrogen-bond donors (Lipinski definition) is 0. The summed E-state index contributed by atoms with van der Waals surface area (Å²) in [5.41, 5.74) is 2.64. The van der Waals surface area contributed by atoms with Crippen LogP contribution in [-0.2, 0) is 16.4 Å².